The van der Waals surface area contributed by atoms with Gasteiger partial charge < -0.3 is 0 Å². The number of aromatic nitrogens is 1. The molecule has 0 aliphatic carbocycles. The molecule has 92 valence electrons. The van der Waals surface area contributed by atoms with Crippen LogP contribution in [-0.4, -0.2) is 4.98 Å². The van der Waals surface area contributed by atoms with Gasteiger partial charge in [-0.05, 0) is 29.4 Å². The van der Waals surface area contributed by atoms with Crippen molar-refractivity contribution in [1.82, 2.24) is 4.98 Å². The van der Waals surface area contributed by atoms with Crippen LogP contribution in [0.2, 0.25) is 0 Å². The molecular weight excluding hydrogens is 206 g/mol. The Morgan fingerprint density at radius 3 is 2.06 bits per heavy atom. The largest absolute Gasteiger partial charge is 0.244 e. The molecule has 0 unspecified atom stereocenters. The lowest BCUT2D eigenvalue weighted by molar-refractivity contribution is 0.755. The van der Waals surface area contributed by atoms with E-state index in [0.29, 0.717) is 17.8 Å². The van der Waals surface area contributed by atoms with Crippen LogP contribution in [0.4, 0.5) is 0 Å². The smallest absolute Gasteiger partial charge is 0.113 e. The summed E-state index contributed by atoms with van der Waals surface area (Å²) in [5.41, 5.74) is 3.43. The summed E-state index contributed by atoms with van der Waals surface area (Å²) < 4.78 is 0. The van der Waals surface area contributed by atoms with Crippen molar-refractivity contribution in [1.29, 1.82) is 0 Å². The van der Waals surface area contributed by atoms with Crippen LogP contribution in [0.5, 0.6) is 0 Å². The van der Waals surface area contributed by atoms with Gasteiger partial charge in [0.1, 0.15) is 5.69 Å². The molecule has 0 aliphatic heterocycles. The number of rotatable bonds is 2. The Bertz CT molecular complexity index is 431. The highest BCUT2D eigenvalue weighted by molar-refractivity contribution is 5.35. The van der Waals surface area contributed by atoms with E-state index in [1.165, 1.54) is 11.3 Å². The average Bonchev–Trinajstić information content (AvgIpc) is 2.25. The molecule has 0 fully saturated rings. The molecule has 0 amide bonds. The van der Waals surface area contributed by atoms with Crippen molar-refractivity contribution in [3.05, 3.63) is 29.1 Å². The van der Waals surface area contributed by atoms with Crippen LogP contribution < -0.4 is 0 Å². The van der Waals surface area contributed by atoms with Crippen LogP contribution in [0.3, 0.4) is 0 Å². The SMILES string of the molecule is CC(C)C#Cc1ccc(C(C)C)c(C(C)C)n1. The van der Waals surface area contributed by atoms with Gasteiger partial charge in [-0.15, -0.1) is 0 Å². The van der Waals surface area contributed by atoms with Crippen LogP contribution in [-0.2, 0) is 0 Å². The van der Waals surface area contributed by atoms with Crippen molar-refractivity contribution >= 4 is 0 Å². The fraction of sp³-hybridized carbons (Fsp3) is 0.562. The third-order valence-electron chi connectivity index (χ3n) is 2.62. The second-order valence-electron chi connectivity index (χ2n) is 5.40. The van der Waals surface area contributed by atoms with E-state index in [0.717, 1.165) is 5.69 Å². The van der Waals surface area contributed by atoms with Gasteiger partial charge in [0.25, 0.3) is 0 Å². The van der Waals surface area contributed by atoms with Gasteiger partial charge in [-0.3, -0.25) is 0 Å². The van der Waals surface area contributed by atoms with E-state index in [2.05, 4.69) is 59.4 Å². The van der Waals surface area contributed by atoms with Crippen molar-refractivity contribution in [2.75, 3.05) is 0 Å². The van der Waals surface area contributed by atoms with Gasteiger partial charge in [-0.25, -0.2) is 4.98 Å². The van der Waals surface area contributed by atoms with Crippen molar-refractivity contribution in [3.8, 4) is 11.8 Å². The summed E-state index contributed by atoms with van der Waals surface area (Å²) in [7, 11) is 0. The molecule has 1 aromatic rings. The van der Waals surface area contributed by atoms with Crippen molar-refractivity contribution in [3.63, 3.8) is 0 Å². The molecule has 0 radical (unpaired) electrons. The number of nitrogens with zero attached hydrogens (tertiary/aromatic N) is 1. The Morgan fingerprint density at radius 2 is 1.59 bits per heavy atom. The highest BCUT2D eigenvalue weighted by atomic mass is 14.7. The van der Waals surface area contributed by atoms with E-state index in [1.54, 1.807) is 0 Å². The summed E-state index contributed by atoms with van der Waals surface area (Å²) in [5.74, 6) is 7.67. The van der Waals surface area contributed by atoms with Crippen LogP contribution in [0.25, 0.3) is 0 Å². The monoisotopic (exact) mass is 229 g/mol. The molecule has 0 spiro atoms. The van der Waals surface area contributed by atoms with E-state index < -0.39 is 0 Å². The van der Waals surface area contributed by atoms with Gasteiger partial charge in [0, 0.05) is 11.6 Å². The lowest BCUT2D eigenvalue weighted by Gasteiger charge is -2.14. The first-order valence-corrected chi connectivity index (χ1v) is 6.44. The lowest BCUT2D eigenvalue weighted by Crippen LogP contribution is -2.03. The predicted octanol–water partition coefficient (Wildman–Crippen LogP) is 4.34. The molecule has 0 aromatic carbocycles. The maximum Gasteiger partial charge on any atom is 0.113 e. The summed E-state index contributed by atoms with van der Waals surface area (Å²) in [5, 5.41) is 0. The second-order valence-corrected chi connectivity index (χ2v) is 5.40. The number of hydrogen-bond donors (Lipinski definition) is 0. The van der Waals surface area contributed by atoms with Crippen LogP contribution >= 0.6 is 0 Å². The Hall–Kier alpha value is -1.29. The molecule has 0 bridgehead atoms. The minimum atomic E-state index is 0.393. The molecule has 0 aliphatic rings. The highest BCUT2D eigenvalue weighted by Gasteiger charge is 2.11. The van der Waals surface area contributed by atoms with Gasteiger partial charge in [0.15, 0.2) is 0 Å². The fourth-order valence-corrected chi connectivity index (χ4v) is 1.72. The molecule has 1 nitrogen and oxygen atoms in total. The number of hydrogen-bond acceptors (Lipinski definition) is 1. The lowest BCUT2D eigenvalue weighted by atomic mass is 9.95. The van der Waals surface area contributed by atoms with Crippen LogP contribution in [0, 0.1) is 17.8 Å². The highest BCUT2D eigenvalue weighted by Crippen LogP contribution is 2.24. The number of pyridine rings is 1. The van der Waals surface area contributed by atoms with E-state index in [1.807, 2.05) is 6.07 Å². The third kappa shape index (κ3) is 3.89. The maximum absolute atomic E-state index is 4.69. The summed E-state index contributed by atoms with van der Waals surface area (Å²) >= 11 is 0. The minimum Gasteiger partial charge on any atom is -0.244 e. The first-order valence-electron chi connectivity index (χ1n) is 6.44. The van der Waals surface area contributed by atoms with Crippen molar-refractivity contribution < 1.29 is 0 Å². The summed E-state index contributed by atoms with van der Waals surface area (Å²) in [6.07, 6.45) is 0. The Labute approximate surface area is 106 Å². The predicted molar refractivity (Wildman–Crippen MR) is 74.1 cm³/mol. The maximum atomic E-state index is 4.69. The fourth-order valence-electron chi connectivity index (χ4n) is 1.72. The normalized spacial score (nSPS) is 10.9. The Balaban J connectivity index is 3.16. The first kappa shape index (κ1) is 13.8. The molecule has 0 saturated heterocycles. The van der Waals surface area contributed by atoms with Gasteiger partial charge >= 0.3 is 0 Å². The first-order chi connectivity index (χ1) is 7.91. The molecule has 0 N–H and O–H groups in total. The zero-order chi connectivity index (χ0) is 13.0. The Morgan fingerprint density at radius 1 is 0.941 bits per heavy atom. The van der Waals surface area contributed by atoms with Gasteiger partial charge in [0.2, 0.25) is 0 Å². The van der Waals surface area contributed by atoms with Gasteiger partial charge in [-0.1, -0.05) is 53.5 Å². The molecule has 0 saturated carbocycles. The summed E-state index contributed by atoms with van der Waals surface area (Å²) in [4.78, 5) is 4.69. The van der Waals surface area contributed by atoms with Crippen LogP contribution in [0.1, 0.15) is 70.3 Å². The molecule has 1 rings (SSSR count). The average molecular weight is 229 g/mol. The topological polar surface area (TPSA) is 12.9 Å². The van der Waals surface area contributed by atoms with Crippen molar-refractivity contribution in [2.45, 2.75) is 53.4 Å². The second kappa shape index (κ2) is 5.87. The summed E-state index contributed by atoms with van der Waals surface area (Å²) in [6.45, 7) is 13.0. The quantitative estimate of drug-likeness (QED) is 0.688. The molecule has 17 heavy (non-hydrogen) atoms. The molecule has 0 atom stereocenters. The van der Waals surface area contributed by atoms with E-state index >= 15 is 0 Å². The van der Waals surface area contributed by atoms with E-state index in [4.69, 9.17) is 4.98 Å². The minimum absolute atomic E-state index is 0.393. The zero-order valence-electron chi connectivity index (χ0n) is 11.8. The summed E-state index contributed by atoms with van der Waals surface area (Å²) in [6, 6.07) is 4.22. The third-order valence-corrected chi connectivity index (χ3v) is 2.62. The molecule has 1 heterocycles. The van der Waals surface area contributed by atoms with Gasteiger partial charge in [-0.2, -0.15) is 0 Å². The standard InChI is InChI=1S/C16H23N/c1-11(2)7-8-14-9-10-15(12(3)4)16(17-14)13(5)6/h9-13H,1-6H3. The van der Waals surface area contributed by atoms with Crippen molar-refractivity contribution in [2.24, 2.45) is 5.92 Å². The molecule has 1 aromatic heterocycles. The molecule has 1 heteroatoms. The van der Waals surface area contributed by atoms with E-state index in [-0.39, 0.29) is 0 Å². The van der Waals surface area contributed by atoms with E-state index in [9.17, 15) is 0 Å². The Kier molecular flexibility index (Phi) is 4.75. The zero-order valence-corrected chi connectivity index (χ0v) is 11.8. The molecular formula is C16H23N. The van der Waals surface area contributed by atoms with Crippen LogP contribution in [0.15, 0.2) is 12.1 Å². The van der Waals surface area contributed by atoms with Gasteiger partial charge in [0.05, 0.1) is 0 Å².